The van der Waals surface area contributed by atoms with Crippen LogP contribution in [0.4, 0.5) is 5.69 Å². The van der Waals surface area contributed by atoms with Gasteiger partial charge in [0.1, 0.15) is 18.8 Å². The zero-order valence-corrected chi connectivity index (χ0v) is 17.9. The lowest BCUT2D eigenvalue weighted by Crippen LogP contribution is -2.24. The molecule has 0 aromatic heterocycles. The van der Waals surface area contributed by atoms with Crippen molar-refractivity contribution in [3.05, 3.63) is 94.0 Å². The Morgan fingerprint density at radius 1 is 0.903 bits per heavy atom. The molecule has 158 valence electrons. The molecule has 0 heterocycles. The monoisotopic (exact) mass is 455 g/mol. The lowest BCUT2D eigenvalue weighted by atomic mass is 10.2. The van der Waals surface area contributed by atoms with Crippen molar-refractivity contribution in [2.45, 2.75) is 13.0 Å². The number of halogens is 2. The average Bonchev–Trinajstić information content (AvgIpc) is 2.76. The van der Waals surface area contributed by atoms with Gasteiger partial charge in [0, 0.05) is 10.6 Å². The first kappa shape index (κ1) is 22.3. The number of hydrazone groups is 1. The van der Waals surface area contributed by atoms with E-state index in [2.05, 4.69) is 15.8 Å². The molecule has 0 radical (unpaired) electrons. The fourth-order valence-electron chi connectivity index (χ4n) is 2.58. The fraction of sp³-hybridized carbons (Fsp3) is 0.0870. The zero-order valence-electron chi connectivity index (χ0n) is 16.3. The van der Waals surface area contributed by atoms with Crippen molar-refractivity contribution in [2.75, 3.05) is 5.32 Å². The number of para-hydroxylation sites is 2. The van der Waals surface area contributed by atoms with E-state index in [-0.39, 0.29) is 0 Å². The molecule has 31 heavy (non-hydrogen) atoms. The van der Waals surface area contributed by atoms with E-state index in [0.29, 0.717) is 33.7 Å². The second-order valence-electron chi connectivity index (χ2n) is 6.45. The van der Waals surface area contributed by atoms with Gasteiger partial charge in [-0.05, 0) is 42.0 Å². The maximum atomic E-state index is 12.0. The van der Waals surface area contributed by atoms with E-state index < -0.39 is 18.2 Å². The van der Waals surface area contributed by atoms with Gasteiger partial charge in [-0.15, -0.1) is 0 Å². The molecular formula is C23H19Cl2N3O3. The van der Waals surface area contributed by atoms with Gasteiger partial charge >= 0.3 is 0 Å². The number of anilines is 1. The molecule has 3 rings (SSSR count). The summed E-state index contributed by atoms with van der Waals surface area (Å²) in [5.74, 6) is -0.445. The summed E-state index contributed by atoms with van der Waals surface area (Å²) in [6, 6.07) is 21.4. The van der Waals surface area contributed by atoms with Crippen LogP contribution in [0.1, 0.15) is 17.5 Å². The third kappa shape index (κ3) is 7.13. The van der Waals surface area contributed by atoms with Gasteiger partial charge in [0.05, 0.1) is 16.9 Å². The number of ether oxygens (including phenoxy) is 1. The predicted molar refractivity (Wildman–Crippen MR) is 123 cm³/mol. The number of nitrogens with zero attached hydrogens (tertiary/aromatic N) is 1. The van der Waals surface area contributed by atoms with E-state index in [9.17, 15) is 9.59 Å². The molecule has 0 aliphatic heterocycles. The highest BCUT2D eigenvalue weighted by Gasteiger charge is 2.10. The van der Waals surface area contributed by atoms with E-state index in [0.717, 1.165) is 5.56 Å². The topological polar surface area (TPSA) is 79.8 Å². The van der Waals surface area contributed by atoms with E-state index in [1.54, 1.807) is 48.5 Å². The molecule has 3 aromatic carbocycles. The molecule has 2 amide bonds. The standard InChI is InChI=1S/C23H19Cl2N3O3/c24-18-11-9-16(10-12-18)15-31-21-8-4-1-5-17(21)14-26-28-23(30)13-22(29)27-20-7-3-2-6-19(20)25/h1-12,14H,13,15H2,(H,27,29)(H,28,30). The quantitative estimate of drug-likeness (QED) is 0.283. The second-order valence-corrected chi connectivity index (χ2v) is 7.29. The van der Waals surface area contributed by atoms with E-state index in [4.69, 9.17) is 27.9 Å². The summed E-state index contributed by atoms with van der Waals surface area (Å²) in [6.45, 7) is 0.358. The number of carbonyl (C=O) groups is 2. The normalized spacial score (nSPS) is 10.6. The summed E-state index contributed by atoms with van der Waals surface area (Å²) >= 11 is 11.9. The Balaban J connectivity index is 1.52. The fourth-order valence-corrected chi connectivity index (χ4v) is 2.89. The number of benzene rings is 3. The first-order valence-corrected chi connectivity index (χ1v) is 10.1. The molecule has 0 unspecified atom stereocenters. The molecule has 0 saturated carbocycles. The smallest absolute Gasteiger partial charge is 0.249 e. The average molecular weight is 456 g/mol. The summed E-state index contributed by atoms with van der Waals surface area (Å²) < 4.78 is 5.84. The molecule has 0 spiro atoms. The van der Waals surface area contributed by atoms with Gasteiger partial charge in [-0.2, -0.15) is 5.10 Å². The van der Waals surface area contributed by atoms with Crippen molar-refractivity contribution in [1.82, 2.24) is 5.43 Å². The Bertz CT molecular complexity index is 1090. The lowest BCUT2D eigenvalue weighted by molar-refractivity contribution is -0.126. The molecule has 8 heteroatoms. The minimum absolute atomic E-state index is 0.358. The summed E-state index contributed by atoms with van der Waals surface area (Å²) in [4.78, 5) is 24.0. The van der Waals surface area contributed by atoms with Crippen molar-refractivity contribution in [3.8, 4) is 5.75 Å². The number of nitrogens with one attached hydrogen (secondary N) is 2. The van der Waals surface area contributed by atoms with Gasteiger partial charge < -0.3 is 10.1 Å². The Morgan fingerprint density at radius 2 is 1.61 bits per heavy atom. The maximum absolute atomic E-state index is 12.0. The minimum Gasteiger partial charge on any atom is -0.488 e. The van der Waals surface area contributed by atoms with Gasteiger partial charge in [0.2, 0.25) is 11.8 Å². The number of hydrogen-bond acceptors (Lipinski definition) is 4. The van der Waals surface area contributed by atoms with Crippen LogP contribution >= 0.6 is 23.2 Å². The number of carbonyl (C=O) groups excluding carboxylic acids is 2. The summed E-state index contributed by atoms with van der Waals surface area (Å²) in [5, 5.41) is 7.55. The Kier molecular flexibility index (Phi) is 8.04. The molecule has 0 bridgehead atoms. The van der Waals surface area contributed by atoms with Gasteiger partial charge in [-0.1, -0.05) is 59.6 Å². The molecule has 0 aliphatic carbocycles. The van der Waals surface area contributed by atoms with Gasteiger partial charge in [0.25, 0.3) is 0 Å². The first-order chi connectivity index (χ1) is 15.0. The molecule has 0 aliphatic rings. The third-order valence-electron chi connectivity index (χ3n) is 4.09. The Hall–Kier alpha value is -3.35. The van der Waals surface area contributed by atoms with Crippen molar-refractivity contribution < 1.29 is 14.3 Å². The van der Waals surface area contributed by atoms with Crippen molar-refractivity contribution in [2.24, 2.45) is 5.10 Å². The molecule has 2 N–H and O–H groups in total. The van der Waals surface area contributed by atoms with Crippen LogP contribution in [0.2, 0.25) is 10.0 Å². The first-order valence-electron chi connectivity index (χ1n) is 9.34. The van der Waals surface area contributed by atoms with Crippen LogP contribution in [-0.2, 0) is 16.2 Å². The molecule has 0 atom stereocenters. The van der Waals surface area contributed by atoms with Crippen molar-refractivity contribution in [1.29, 1.82) is 0 Å². The largest absolute Gasteiger partial charge is 0.488 e. The van der Waals surface area contributed by atoms with Gasteiger partial charge in [-0.3, -0.25) is 9.59 Å². The van der Waals surface area contributed by atoms with Crippen LogP contribution in [0, 0.1) is 0 Å². The highest BCUT2D eigenvalue weighted by atomic mass is 35.5. The van der Waals surface area contributed by atoms with Crippen LogP contribution in [0.5, 0.6) is 5.75 Å². The molecule has 6 nitrogen and oxygen atoms in total. The highest BCUT2D eigenvalue weighted by Crippen LogP contribution is 2.20. The Morgan fingerprint density at radius 3 is 2.39 bits per heavy atom. The summed E-state index contributed by atoms with van der Waals surface area (Å²) in [7, 11) is 0. The number of rotatable bonds is 8. The highest BCUT2D eigenvalue weighted by molar-refractivity contribution is 6.33. The lowest BCUT2D eigenvalue weighted by Gasteiger charge is -2.09. The van der Waals surface area contributed by atoms with E-state index in [1.807, 2.05) is 24.3 Å². The van der Waals surface area contributed by atoms with Gasteiger partial charge in [0.15, 0.2) is 0 Å². The summed E-state index contributed by atoms with van der Waals surface area (Å²) in [5.41, 5.74) is 4.42. The number of hydrogen-bond donors (Lipinski definition) is 2. The second kappa shape index (κ2) is 11.2. The zero-order chi connectivity index (χ0) is 22.1. The molecule has 0 fully saturated rings. The van der Waals surface area contributed by atoms with Crippen molar-refractivity contribution >= 4 is 46.9 Å². The van der Waals surface area contributed by atoms with E-state index >= 15 is 0 Å². The molecule has 3 aromatic rings. The maximum Gasteiger partial charge on any atom is 0.249 e. The van der Waals surface area contributed by atoms with Crippen LogP contribution in [0.25, 0.3) is 0 Å². The van der Waals surface area contributed by atoms with Gasteiger partial charge in [-0.25, -0.2) is 5.43 Å². The minimum atomic E-state index is -0.555. The third-order valence-corrected chi connectivity index (χ3v) is 4.67. The molecule has 0 saturated heterocycles. The predicted octanol–water partition coefficient (Wildman–Crippen LogP) is 5.05. The number of amides is 2. The van der Waals surface area contributed by atoms with Crippen LogP contribution < -0.4 is 15.5 Å². The SMILES string of the molecule is O=C(CC(=O)Nc1ccccc1Cl)NN=Cc1ccccc1OCc1ccc(Cl)cc1. The van der Waals surface area contributed by atoms with Crippen molar-refractivity contribution in [3.63, 3.8) is 0 Å². The van der Waals surface area contributed by atoms with Crippen LogP contribution in [0.15, 0.2) is 77.9 Å². The van der Waals surface area contributed by atoms with E-state index in [1.165, 1.54) is 6.21 Å². The molecular weight excluding hydrogens is 437 g/mol. The van der Waals surface area contributed by atoms with Crippen LogP contribution in [0.3, 0.4) is 0 Å². The van der Waals surface area contributed by atoms with Crippen LogP contribution in [-0.4, -0.2) is 18.0 Å². The summed E-state index contributed by atoms with van der Waals surface area (Å²) in [6.07, 6.45) is 1.07. The Labute approximate surface area is 189 Å².